The van der Waals surface area contributed by atoms with Gasteiger partial charge in [0.15, 0.2) is 11.5 Å². The van der Waals surface area contributed by atoms with Gasteiger partial charge in [-0.05, 0) is 54.3 Å². The molecular weight excluding hydrogens is 568 g/mol. The van der Waals surface area contributed by atoms with Crippen LogP contribution in [0.15, 0.2) is 52.2 Å². The summed E-state index contributed by atoms with van der Waals surface area (Å²) in [5.74, 6) is 1.47. The van der Waals surface area contributed by atoms with Crippen molar-refractivity contribution in [3.8, 4) is 17.6 Å². The molecule has 1 aromatic heterocycles. The van der Waals surface area contributed by atoms with Crippen LogP contribution in [-0.2, 0) is 24.8 Å². The molecular formula is C29H27ClN4O4S2. The highest BCUT2D eigenvalue weighted by Crippen LogP contribution is 2.35. The van der Waals surface area contributed by atoms with Crippen LogP contribution in [0.4, 0.5) is 5.82 Å². The zero-order valence-electron chi connectivity index (χ0n) is 22.4. The monoisotopic (exact) mass is 594 g/mol. The molecule has 1 aliphatic heterocycles. The summed E-state index contributed by atoms with van der Waals surface area (Å²) in [6.45, 7) is 2.42. The Morgan fingerprint density at radius 1 is 1.15 bits per heavy atom. The maximum Gasteiger partial charge on any atom is 0.270 e. The van der Waals surface area contributed by atoms with Crippen molar-refractivity contribution in [1.82, 2.24) is 9.47 Å². The Balaban J connectivity index is 1.64. The second-order valence-corrected chi connectivity index (χ2v) is 11.0. The number of halogens is 1. The van der Waals surface area contributed by atoms with E-state index in [4.69, 9.17) is 33.3 Å². The number of pyridine rings is 1. The van der Waals surface area contributed by atoms with Crippen LogP contribution in [0, 0.1) is 18.3 Å². The zero-order valence-corrected chi connectivity index (χ0v) is 24.8. The molecule has 2 heterocycles. The van der Waals surface area contributed by atoms with E-state index in [-0.39, 0.29) is 11.5 Å². The van der Waals surface area contributed by atoms with E-state index in [0.717, 1.165) is 11.1 Å². The van der Waals surface area contributed by atoms with Crippen LogP contribution in [0.2, 0.25) is 5.02 Å². The Hall–Kier alpha value is -3.78. The quantitative estimate of drug-likeness (QED) is 0.264. The minimum atomic E-state index is -0.429. The SMILES string of the molecule is COc1ccc(CCN2C(=O)/C(=C\c3c(C)c(C#N)c(=O)n(C)c3NCc3ccccc3Cl)SC2=S)cc1OC. The number of carbonyl (C=O) groups excluding carboxylic acids is 1. The predicted octanol–water partition coefficient (Wildman–Crippen LogP) is 5.29. The number of rotatable bonds is 9. The van der Waals surface area contributed by atoms with Crippen molar-refractivity contribution >= 4 is 57.7 Å². The average molecular weight is 595 g/mol. The van der Waals surface area contributed by atoms with E-state index in [1.54, 1.807) is 45.2 Å². The number of amides is 1. The summed E-state index contributed by atoms with van der Waals surface area (Å²) in [5.41, 5.74) is 2.43. The number of hydrogen-bond donors (Lipinski definition) is 1. The molecule has 8 nitrogen and oxygen atoms in total. The van der Waals surface area contributed by atoms with E-state index >= 15 is 0 Å². The summed E-state index contributed by atoms with van der Waals surface area (Å²) in [5, 5.41) is 13.6. The summed E-state index contributed by atoms with van der Waals surface area (Å²) < 4.78 is 12.5. The Bertz CT molecular complexity index is 1630. The first-order chi connectivity index (χ1) is 19.2. The summed E-state index contributed by atoms with van der Waals surface area (Å²) >= 11 is 13.1. The van der Waals surface area contributed by atoms with Gasteiger partial charge in [0.25, 0.3) is 11.5 Å². The highest BCUT2D eigenvalue weighted by molar-refractivity contribution is 8.26. The predicted molar refractivity (Wildman–Crippen MR) is 163 cm³/mol. The molecule has 1 N–H and O–H groups in total. The number of aromatic nitrogens is 1. The largest absolute Gasteiger partial charge is 0.493 e. The highest BCUT2D eigenvalue weighted by Gasteiger charge is 2.32. The van der Waals surface area contributed by atoms with Crippen molar-refractivity contribution in [2.24, 2.45) is 7.05 Å². The van der Waals surface area contributed by atoms with Gasteiger partial charge in [0, 0.05) is 30.7 Å². The van der Waals surface area contributed by atoms with Gasteiger partial charge >= 0.3 is 0 Å². The van der Waals surface area contributed by atoms with Crippen LogP contribution in [0.3, 0.4) is 0 Å². The van der Waals surface area contributed by atoms with Crippen LogP contribution in [0.1, 0.15) is 27.8 Å². The van der Waals surface area contributed by atoms with Crippen LogP contribution >= 0.6 is 35.6 Å². The molecule has 1 fully saturated rings. The smallest absolute Gasteiger partial charge is 0.270 e. The van der Waals surface area contributed by atoms with E-state index in [1.807, 2.05) is 42.5 Å². The van der Waals surface area contributed by atoms with Gasteiger partial charge < -0.3 is 14.8 Å². The van der Waals surface area contributed by atoms with Gasteiger partial charge in [0.1, 0.15) is 21.8 Å². The summed E-state index contributed by atoms with van der Waals surface area (Å²) in [6, 6.07) is 15.0. The summed E-state index contributed by atoms with van der Waals surface area (Å²) in [4.78, 5) is 28.3. The van der Waals surface area contributed by atoms with E-state index in [2.05, 4.69) is 5.32 Å². The third-order valence-corrected chi connectivity index (χ3v) is 8.37. The van der Waals surface area contributed by atoms with Crippen LogP contribution in [0.5, 0.6) is 11.5 Å². The normalized spacial score (nSPS) is 14.0. The fraction of sp³-hybridized carbons (Fsp3) is 0.241. The fourth-order valence-corrected chi connectivity index (χ4v) is 5.86. The number of hydrogen-bond acceptors (Lipinski definition) is 8. The van der Waals surface area contributed by atoms with Gasteiger partial charge in [-0.1, -0.05) is 59.8 Å². The molecule has 1 saturated heterocycles. The van der Waals surface area contributed by atoms with E-state index in [0.29, 0.717) is 62.2 Å². The van der Waals surface area contributed by atoms with Crippen LogP contribution in [0.25, 0.3) is 6.08 Å². The van der Waals surface area contributed by atoms with E-state index in [1.165, 1.54) is 16.3 Å². The van der Waals surface area contributed by atoms with E-state index < -0.39 is 5.56 Å². The zero-order chi connectivity index (χ0) is 29.0. The lowest BCUT2D eigenvalue weighted by Gasteiger charge is -2.18. The number of anilines is 1. The molecule has 1 amide bonds. The lowest BCUT2D eigenvalue weighted by atomic mass is 10.0. The second-order valence-electron chi connectivity index (χ2n) is 8.96. The molecule has 0 bridgehead atoms. The Kier molecular flexibility index (Phi) is 9.20. The lowest BCUT2D eigenvalue weighted by molar-refractivity contribution is -0.122. The molecule has 4 rings (SSSR count). The third kappa shape index (κ3) is 5.87. The molecule has 0 radical (unpaired) electrons. The number of ether oxygens (including phenoxy) is 2. The number of thioether (sulfide) groups is 1. The summed E-state index contributed by atoms with van der Waals surface area (Å²) in [6.07, 6.45) is 2.25. The van der Waals surface area contributed by atoms with Gasteiger partial charge in [0.05, 0.1) is 19.1 Å². The Morgan fingerprint density at radius 3 is 2.55 bits per heavy atom. The number of carbonyl (C=O) groups is 1. The number of thiocarbonyl (C=S) groups is 1. The highest BCUT2D eigenvalue weighted by atomic mass is 35.5. The molecule has 0 saturated carbocycles. The Labute approximate surface area is 247 Å². The maximum absolute atomic E-state index is 13.5. The molecule has 2 aromatic carbocycles. The van der Waals surface area contributed by atoms with Crippen LogP contribution in [-0.4, -0.2) is 40.5 Å². The first-order valence-electron chi connectivity index (χ1n) is 12.3. The molecule has 0 spiro atoms. The van der Waals surface area contributed by atoms with Gasteiger partial charge in [0.2, 0.25) is 0 Å². The molecule has 0 atom stereocenters. The minimum absolute atomic E-state index is 0.0148. The number of nitrogens with one attached hydrogen (secondary N) is 1. The van der Waals surface area contributed by atoms with E-state index in [9.17, 15) is 14.9 Å². The maximum atomic E-state index is 13.5. The van der Waals surface area contributed by atoms with Gasteiger partial charge in [-0.3, -0.25) is 19.1 Å². The minimum Gasteiger partial charge on any atom is -0.493 e. The van der Waals surface area contributed by atoms with Crippen molar-refractivity contribution in [2.75, 3.05) is 26.1 Å². The van der Waals surface area contributed by atoms with Gasteiger partial charge in [-0.25, -0.2) is 0 Å². The first kappa shape index (κ1) is 29.2. The Morgan fingerprint density at radius 2 is 1.88 bits per heavy atom. The van der Waals surface area contributed by atoms with Crippen LogP contribution < -0.4 is 20.3 Å². The average Bonchev–Trinajstić information content (AvgIpc) is 3.22. The van der Waals surface area contributed by atoms with Crippen molar-refractivity contribution in [1.29, 1.82) is 5.26 Å². The van der Waals surface area contributed by atoms with Crippen molar-refractivity contribution in [3.63, 3.8) is 0 Å². The molecule has 40 heavy (non-hydrogen) atoms. The molecule has 3 aromatic rings. The number of nitriles is 1. The third-order valence-electron chi connectivity index (χ3n) is 6.63. The molecule has 0 aliphatic carbocycles. The number of nitrogens with zero attached hydrogens (tertiary/aromatic N) is 3. The fourth-order valence-electron chi connectivity index (χ4n) is 4.37. The topological polar surface area (TPSA) is 96.6 Å². The van der Waals surface area contributed by atoms with Crippen molar-refractivity contribution < 1.29 is 14.3 Å². The molecule has 206 valence electrons. The van der Waals surface area contributed by atoms with Gasteiger partial charge in [-0.15, -0.1) is 0 Å². The summed E-state index contributed by atoms with van der Waals surface area (Å²) in [7, 11) is 4.74. The molecule has 11 heteroatoms. The molecule has 1 aliphatic rings. The second kappa shape index (κ2) is 12.6. The number of benzene rings is 2. The van der Waals surface area contributed by atoms with Crippen molar-refractivity contribution in [3.05, 3.63) is 90.6 Å². The standard InChI is InChI=1S/C29H27ClN4O4S2/c1-17-20(26(33(2)27(35)21(17)15-31)32-16-19-7-5-6-8-22(19)30)14-25-28(36)34(29(39)40-25)12-11-18-9-10-23(37-3)24(13-18)38-4/h5-10,13-14,32H,11-12,16H2,1-4H3/b25-14+. The van der Waals surface area contributed by atoms with Gasteiger partial charge in [-0.2, -0.15) is 5.26 Å². The first-order valence-corrected chi connectivity index (χ1v) is 13.9. The lowest BCUT2D eigenvalue weighted by Crippen LogP contribution is -2.30. The van der Waals surface area contributed by atoms with Crippen molar-refractivity contribution in [2.45, 2.75) is 19.9 Å². The number of methoxy groups -OCH3 is 2. The molecule has 0 unspecified atom stereocenters.